The molecular formula is C13H16OS. The average molecular weight is 220 g/mol. The summed E-state index contributed by atoms with van der Waals surface area (Å²) < 4.78 is 0. The van der Waals surface area contributed by atoms with Gasteiger partial charge < -0.3 is 5.11 Å². The lowest BCUT2D eigenvalue weighted by Gasteiger charge is -2.49. The number of hydrogen-bond donors (Lipinski definition) is 1. The fourth-order valence-corrected chi connectivity index (χ4v) is 3.56. The Labute approximate surface area is 95.1 Å². The summed E-state index contributed by atoms with van der Waals surface area (Å²) in [6.07, 6.45) is 1.75. The Morgan fingerprint density at radius 1 is 1.67 bits per heavy atom. The van der Waals surface area contributed by atoms with Crippen LogP contribution in [0.25, 0.3) is 0 Å². The van der Waals surface area contributed by atoms with Crippen LogP contribution in [0.5, 0.6) is 0 Å². The average Bonchev–Trinajstić information content (AvgIpc) is 2.70. The summed E-state index contributed by atoms with van der Waals surface area (Å²) in [5, 5.41) is 12.3. The normalized spacial score (nSPS) is 31.3. The predicted octanol–water partition coefficient (Wildman–Crippen LogP) is 2.80. The van der Waals surface area contributed by atoms with Crippen molar-refractivity contribution >= 4 is 11.3 Å². The molecule has 2 heteroatoms. The van der Waals surface area contributed by atoms with Crippen molar-refractivity contribution in [3.05, 3.63) is 22.4 Å². The van der Waals surface area contributed by atoms with E-state index in [0.717, 1.165) is 6.42 Å². The number of thiophene rings is 1. The van der Waals surface area contributed by atoms with E-state index in [0.29, 0.717) is 5.92 Å². The fourth-order valence-electron chi connectivity index (χ4n) is 2.46. The van der Waals surface area contributed by atoms with E-state index >= 15 is 0 Å². The molecule has 0 bridgehead atoms. The highest BCUT2D eigenvalue weighted by Gasteiger charge is 2.50. The molecule has 1 nitrogen and oxygen atoms in total. The molecule has 0 amide bonds. The second-order valence-corrected chi connectivity index (χ2v) is 5.20. The minimum atomic E-state index is -0.509. The maximum atomic E-state index is 10.2. The largest absolute Gasteiger partial charge is 0.379 e. The molecule has 1 fully saturated rings. The third-order valence-corrected chi connectivity index (χ3v) is 4.68. The molecule has 15 heavy (non-hydrogen) atoms. The SMILES string of the molecule is CC#CC(O)C1(c2cccs2)CCC1C. The second kappa shape index (κ2) is 4.00. The van der Waals surface area contributed by atoms with Crippen molar-refractivity contribution in [3.63, 3.8) is 0 Å². The quantitative estimate of drug-likeness (QED) is 0.760. The van der Waals surface area contributed by atoms with Crippen LogP contribution in [0, 0.1) is 17.8 Å². The van der Waals surface area contributed by atoms with Crippen molar-refractivity contribution in [3.8, 4) is 11.8 Å². The summed E-state index contributed by atoms with van der Waals surface area (Å²) in [7, 11) is 0. The van der Waals surface area contributed by atoms with E-state index in [4.69, 9.17) is 0 Å². The molecule has 1 aliphatic rings. The van der Waals surface area contributed by atoms with Crippen LogP contribution < -0.4 is 0 Å². The lowest BCUT2D eigenvalue weighted by Crippen LogP contribution is -2.51. The lowest BCUT2D eigenvalue weighted by atomic mass is 9.57. The number of rotatable bonds is 2. The molecule has 1 heterocycles. The summed E-state index contributed by atoms with van der Waals surface area (Å²) in [6.45, 7) is 4.00. The van der Waals surface area contributed by atoms with Crippen LogP contribution in [0.3, 0.4) is 0 Å². The molecular weight excluding hydrogens is 204 g/mol. The molecule has 0 aromatic carbocycles. The van der Waals surface area contributed by atoms with Crippen molar-refractivity contribution in [2.45, 2.75) is 38.2 Å². The smallest absolute Gasteiger partial charge is 0.125 e. The maximum absolute atomic E-state index is 10.2. The van der Waals surface area contributed by atoms with Gasteiger partial charge in [-0.15, -0.1) is 17.3 Å². The third kappa shape index (κ3) is 1.51. The van der Waals surface area contributed by atoms with Gasteiger partial charge >= 0.3 is 0 Å². The van der Waals surface area contributed by atoms with E-state index < -0.39 is 6.10 Å². The first-order valence-electron chi connectivity index (χ1n) is 5.36. The Bertz CT molecular complexity index is 384. The van der Waals surface area contributed by atoms with Crippen molar-refractivity contribution in [1.82, 2.24) is 0 Å². The Hall–Kier alpha value is -0.780. The van der Waals surface area contributed by atoms with E-state index in [-0.39, 0.29) is 5.41 Å². The molecule has 3 atom stereocenters. The monoisotopic (exact) mass is 220 g/mol. The molecule has 1 aliphatic carbocycles. The van der Waals surface area contributed by atoms with Gasteiger partial charge in [0.05, 0.1) is 0 Å². The molecule has 1 saturated carbocycles. The topological polar surface area (TPSA) is 20.2 Å². The van der Waals surface area contributed by atoms with Crippen molar-refractivity contribution < 1.29 is 5.11 Å². The highest BCUT2D eigenvalue weighted by atomic mass is 32.1. The highest BCUT2D eigenvalue weighted by Crippen LogP contribution is 2.52. The molecule has 1 aromatic heterocycles. The standard InChI is InChI=1S/C13H16OS/c1-3-5-11(14)13(8-7-10(13)2)12-6-4-9-15-12/h4,6,9-11,14H,7-8H2,1-2H3. The zero-order chi connectivity index (χ0) is 10.9. The van der Waals surface area contributed by atoms with Crippen molar-refractivity contribution in [1.29, 1.82) is 0 Å². The molecule has 3 unspecified atom stereocenters. The Balaban J connectivity index is 2.36. The van der Waals surface area contributed by atoms with Gasteiger partial charge in [0.25, 0.3) is 0 Å². The van der Waals surface area contributed by atoms with Crippen molar-refractivity contribution in [2.24, 2.45) is 5.92 Å². The van der Waals surface area contributed by atoms with Gasteiger partial charge in [0.1, 0.15) is 6.10 Å². The molecule has 0 saturated heterocycles. The van der Waals surface area contributed by atoms with E-state index in [1.54, 1.807) is 18.3 Å². The minimum Gasteiger partial charge on any atom is -0.379 e. The number of hydrogen-bond acceptors (Lipinski definition) is 2. The Morgan fingerprint density at radius 2 is 2.47 bits per heavy atom. The van der Waals surface area contributed by atoms with Crippen LogP contribution in [0.2, 0.25) is 0 Å². The zero-order valence-corrected chi connectivity index (χ0v) is 9.97. The molecule has 1 aromatic rings. The predicted molar refractivity (Wildman–Crippen MR) is 63.9 cm³/mol. The Morgan fingerprint density at radius 3 is 2.87 bits per heavy atom. The van der Waals surface area contributed by atoms with Crippen LogP contribution in [0.15, 0.2) is 17.5 Å². The van der Waals surface area contributed by atoms with Crippen LogP contribution in [-0.4, -0.2) is 11.2 Å². The van der Waals surface area contributed by atoms with Gasteiger partial charge in [-0.05, 0) is 37.1 Å². The first kappa shape index (κ1) is 10.7. The molecule has 0 aliphatic heterocycles. The van der Waals surface area contributed by atoms with Gasteiger partial charge in [-0.3, -0.25) is 0 Å². The summed E-state index contributed by atoms with van der Waals surface area (Å²) in [4.78, 5) is 1.29. The van der Waals surface area contributed by atoms with Crippen LogP contribution >= 0.6 is 11.3 Å². The van der Waals surface area contributed by atoms with Gasteiger partial charge in [0.15, 0.2) is 0 Å². The highest BCUT2D eigenvalue weighted by molar-refractivity contribution is 7.10. The summed E-state index contributed by atoms with van der Waals surface area (Å²) in [5.74, 6) is 6.28. The minimum absolute atomic E-state index is 0.0861. The molecule has 0 radical (unpaired) electrons. The molecule has 2 rings (SSSR count). The third-order valence-electron chi connectivity index (χ3n) is 3.62. The van der Waals surface area contributed by atoms with E-state index in [1.165, 1.54) is 11.3 Å². The van der Waals surface area contributed by atoms with Crippen LogP contribution in [-0.2, 0) is 5.41 Å². The lowest BCUT2D eigenvalue weighted by molar-refractivity contribution is 0.0205. The zero-order valence-electron chi connectivity index (χ0n) is 9.16. The molecule has 80 valence electrons. The van der Waals surface area contributed by atoms with Crippen LogP contribution in [0.4, 0.5) is 0 Å². The van der Waals surface area contributed by atoms with Crippen LogP contribution in [0.1, 0.15) is 31.6 Å². The van der Waals surface area contributed by atoms with Gasteiger partial charge in [0, 0.05) is 10.3 Å². The molecule has 1 N–H and O–H groups in total. The van der Waals surface area contributed by atoms with Gasteiger partial charge in [0.2, 0.25) is 0 Å². The fraction of sp³-hybridized carbons (Fsp3) is 0.538. The Kier molecular flexibility index (Phi) is 2.86. The first-order chi connectivity index (χ1) is 7.21. The van der Waals surface area contributed by atoms with Gasteiger partial charge in [-0.2, -0.15) is 0 Å². The number of aliphatic hydroxyl groups is 1. The van der Waals surface area contributed by atoms with Gasteiger partial charge in [-0.25, -0.2) is 0 Å². The van der Waals surface area contributed by atoms with E-state index in [2.05, 4.69) is 36.3 Å². The van der Waals surface area contributed by atoms with Crippen molar-refractivity contribution in [2.75, 3.05) is 0 Å². The first-order valence-corrected chi connectivity index (χ1v) is 6.24. The number of aliphatic hydroxyl groups excluding tert-OH is 1. The van der Waals surface area contributed by atoms with E-state index in [9.17, 15) is 5.11 Å². The second-order valence-electron chi connectivity index (χ2n) is 4.25. The van der Waals surface area contributed by atoms with Gasteiger partial charge in [-0.1, -0.05) is 18.9 Å². The summed E-state index contributed by atoms with van der Waals surface area (Å²) in [5.41, 5.74) is -0.0861. The summed E-state index contributed by atoms with van der Waals surface area (Å²) in [6, 6.07) is 4.18. The maximum Gasteiger partial charge on any atom is 0.125 e. The summed E-state index contributed by atoms with van der Waals surface area (Å²) >= 11 is 1.74. The van der Waals surface area contributed by atoms with E-state index in [1.807, 2.05) is 0 Å². The molecule has 0 spiro atoms.